The third-order valence-corrected chi connectivity index (χ3v) is 7.74. The third kappa shape index (κ3) is 2.85. The van der Waals surface area contributed by atoms with Crippen LogP contribution in [0.2, 0.25) is 0 Å². The molecule has 174 valence electrons. The highest BCUT2D eigenvalue weighted by molar-refractivity contribution is 6.13. The summed E-state index contributed by atoms with van der Waals surface area (Å²) in [5.74, 6) is 0.914. The molecule has 0 unspecified atom stereocenters. The van der Waals surface area contributed by atoms with Crippen LogP contribution in [0, 0.1) is 6.92 Å². The van der Waals surface area contributed by atoms with Crippen LogP contribution in [0.5, 0.6) is 0 Å². The van der Waals surface area contributed by atoms with Gasteiger partial charge in [0.15, 0.2) is 0 Å². The van der Waals surface area contributed by atoms with Gasteiger partial charge in [0.2, 0.25) is 0 Å². The Kier molecular flexibility index (Phi) is 4.44. The Hall–Kier alpha value is -4.30. The van der Waals surface area contributed by atoms with Gasteiger partial charge in [0.25, 0.3) is 0 Å². The lowest BCUT2D eigenvalue weighted by Gasteiger charge is -2.23. The summed E-state index contributed by atoms with van der Waals surface area (Å²) in [5.41, 5.74) is 9.48. The van der Waals surface area contributed by atoms with E-state index in [9.17, 15) is 0 Å². The summed E-state index contributed by atoms with van der Waals surface area (Å²) in [6.45, 7) is 6.83. The summed E-state index contributed by atoms with van der Waals surface area (Å²) < 4.78 is 9.10. The van der Waals surface area contributed by atoms with E-state index in [2.05, 4.69) is 128 Å². The monoisotopic (exact) mass is 465 g/mol. The lowest BCUT2D eigenvalue weighted by atomic mass is 9.82. The summed E-state index contributed by atoms with van der Waals surface area (Å²) in [6.07, 6.45) is 0. The lowest BCUT2D eigenvalue weighted by Crippen LogP contribution is -2.16. The zero-order valence-corrected chi connectivity index (χ0v) is 20.7. The number of fused-ring (bicyclic) bond motifs is 8. The number of aryl methyl sites for hydroxylation is 1. The number of rotatable bonds is 1. The predicted molar refractivity (Wildman–Crippen MR) is 150 cm³/mol. The Morgan fingerprint density at radius 1 is 0.694 bits per heavy atom. The van der Waals surface area contributed by atoms with Crippen LogP contribution in [0.25, 0.3) is 49.6 Å². The van der Waals surface area contributed by atoms with Gasteiger partial charge in [0.05, 0.1) is 11.0 Å². The molecule has 0 fully saturated rings. The maximum Gasteiger partial charge on any atom is 0.134 e. The van der Waals surface area contributed by atoms with Crippen molar-refractivity contribution in [2.45, 2.75) is 26.2 Å². The van der Waals surface area contributed by atoms with E-state index >= 15 is 0 Å². The van der Waals surface area contributed by atoms with Crippen LogP contribution in [0.4, 0.5) is 0 Å². The first-order valence-corrected chi connectivity index (χ1v) is 12.5. The first-order chi connectivity index (χ1) is 17.6. The predicted octanol–water partition coefficient (Wildman–Crippen LogP) is 9.27. The zero-order valence-electron chi connectivity index (χ0n) is 20.7. The lowest BCUT2D eigenvalue weighted by molar-refractivity contribution is 0.576. The average molecular weight is 466 g/mol. The van der Waals surface area contributed by atoms with E-state index < -0.39 is 0 Å². The van der Waals surface area contributed by atoms with Gasteiger partial charge in [-0.25, -0.2) is 0 Å². The molecule has 0 spiro atoms. The number of benzene rings is 4. The maximum absolute atomic E-state index is 6.67. The largest absolute Gasteiger partial charge is 0.461 e. The molecular weight excluding hydrogens is 438 g/mol. The van der Waals surface area contributed by atoms with Gasteiger partial charge in [-0.3, -0.25) is 0 Å². The maximum atomic E-state index is 6.67. The van der Waals surface area contributed by atoms with Gasteiger partial charge in [0, 0.05) is 27.3 Å². The standard InChI is InChI=1S/C34H27NO/c1-22-31-26-17-9-11-19-29(26)35(24-14-5-4-6-15-24)33(31)32-27(21-23-13-7-12-20-30(23)36-22)25-16-8-10-18-28(25)34(32,2)3/h4-21H,1-3H3. The molecule has 2 heterocycles. The van der Waals surface area contributed by atoms with E-state index in [-0.39, 0.29) is 5.41 Å². The van der Waals surface area contributed by atoms with E-state index in [4.69, 9.17) is 4.42 Å². The first-order valence-electron chi connectivity index (χ1n) is 12.5. The highest BCUT2D eigenvalue weighted by atomic mass is 16.3. The molecule has 0 saturated heterocycles. The Labute approximate surface area is 210 Å². The number of nitrogens with zero attached hydrogens (tertiary/aromatic N) is 1. The van der Waals surface area contributed by atoms with Gasteiger partial charge in [0.1, 0.15) is 11.3 Å². The van der Waals surface area contributed by atoms with Crippen LogP contribution in [0.3, 0.4) is 0 Å². The van der Waals surface area contributed by atoms with Gasteiger partial charge in [-0.1, -0.05) is 92.7 Å². The van der Waals surface area contributed by atoms with Crippen molar-refractivity contribution >= 4 is 32.8 Å². The molecule has 4 aromatic carbocycles. The third-order valence-electron chi connectivity index (χ3n) is 7.74. The Balaban J connectivity index is 1.87. The topological polar surface area (TPSA) is 18.1 Å². The minimum atomic E-state index is -0.197. The van der Waals surface area contributed by atoms with Gasteiger partial charge < -0.3 is 8.98 Å². The van der Waals surface area contributed by atoms with Crippen molar-refractivity contribution in [1.82, 2.24) is 4.57 Å². The summed E-state index contributed by atoms with van der Waals surface area (Å²) in [4.78, 5) is 0. The smallest absolute Gasteiger partial charge is 0.134 e. The fourth-order valence-electron chi connectivity index (χ4n) is 6.18. The SMILES string of the molecule is Cc1oc2ccccc2cc2c(c3c1c1ccccc1n3-c1ccccc1)C(C)(C)c1ccccc1-2. The number of para-hydroxylation sites is 3. The van der Waals surface area contributed by atoms with Crippen LogP contribution < -0.4 is 0 Å². The van der Waals surface area contributed by atoms with Crippen LogP contribution >= 0.6 is 0 Å². The summed E-state index contributed by atoms with van der Waals surface area (Å²) in [5, 5.41) is 3.46. The molecule has 0 bridgehead atoms. The van der Waals surface area contributed by atoms with E-state index in [1.807, 2.05) is 6.07 Å². The number of aromatic nitrogens is 1. The first kappa shape index (κ1) is 21.0. The highest BCUT2D eigenvalue weighted by Crippen LogP contribution is 2.52. The molecule has 0 N–H and O–H groups in total. The number of hydrogen-bond donors (Lipinski definition) is 0. The van der Waals surface area contributed by atoms with Crippen molar-refractivity contribution in [3.05, 3.63) is 126 Å². The fraction of sp³-hybridized carbons (Fsp3) is 0.118. The van der Waals surface area contributed by atoms with Crippen molar-refractivity contribution in [3.8, 4) is 16.8 Å². The molecule has 2 heteroatoms. The summed E-state index contributed by atoms with van der Waals surface area (Å²) in [7, 11) is 0. The molecule has 36 heavy (non-hydrogen) atoms. The fourth-order valence-corrected chi connectivity index (χ4v) is 6.18. The second-order valence-corrected chi connectivity index (χ2v) is 10.2. The van der Waals surface area contributed by atoms with Crippen LogP contribution in [-0.2, 0) is 5.41 Å². The van der Waals surface area contributed by atoms with Crippen molar-refractivity contribution in [3.63, 3.8) is 0 Å². The summed E-state index contributed by atoms with van der Waals surface area (Å²) in [6, 6.07) is 39.0. The van der Waals surface area contributed by atoms with Crippen LogP contribution in [-0.4, -0.2) is 4.57 Å². The number of hydrogen-bond acceptors (Lipinski definition) is 1. The van der Waals surface area contributed by atoms with Crippen molar-refractivity contribution in [1.29, 1.82) is 0 Å². The molecular formula is C34H27NO. The normalized spacial score (nSPS) is 13.6. The zero-order chi connectivity index (χ0) is 24.4. The van der Waals surface area contributed by atoms with Gasteiger partial charge in [-0.05, 0) is 59.5 Å². The van der Waals surface area contributed by atoms with Crippen LogP contribution in [0.1, 0.15) is 30.7 Å². The molecule has 1 aliphatic carbocycles. The summed E-state index contributed by atoms with van der Waals surface area (Å²) >= 11 is 0. The molecule has 0 amide bonds. The van der Waals surface area contributed by atoms with E-state index in [1.165, 1.54) is 38.7 Å². The second-order valence-electron chi connectivity index (χ2n) is 10.2. The quantitative estimate of drug-likeness (QED) is 0.237. The van der Waals surface area contributed by atoms with E-state index in [0.717, 1.165) is 27.8 Å². The van der Waals surface area contributed by atoms with Crippen molar-refractivity contribution in [2.75, 3.05) is 0 Å². The molecule has 1 aliphatic rings. The van der Waals surface area contributed by atoms with Gasteiger partial charge >= 0.3 is 0 Å². The van der Waals surface area contributed by atoms with E-state index in [1.54, 1.807) is 0 Å². The Morgan fingerprint density at radius 3 is 2.25 bits per heavy atom. The Morgan fingerprint density at radius 2 is 1.39 bits per heavy atom. The van der Waals surface area contributed by atoms with E-state index in [0.29, 0.717) is 0 Å². The molecule has 0 saturated carbocycles. The van der Waals surface area contributed by atoms with Gasteiger partial charge in [-0.2, -0.15) is 0 Å². The van der Waals surface area contributed by atoms with Gasteiger partial charge in [-0.15, -0.1) is 0 Å². The minimum absolute atomic E-state index is 0.197. The molecule has 0 atom stereocenters. The average Bonchev–Trinajstić information content (AvgIpc) is 3.35. The minimum Gasteiger partial charge on any atom is -0.461 e. The molecule has 0 radical (unpaired) electrons. The molecule has 2 aromatic heterocycles. The van der Waals surface area contributed by atoms with Crippen LogP contribution in [0.15, 0.2) is 114 Å². The molecule has 7 rings (SSSR count). The van der Waals surface area contributed by atoms with Crippen molar-refractivity contribution < 1.29 is 4.42 Å². The molecule has 0 aliphatic heterocycles. The highest BCUT2D eigenvalue weighted by Gasteiger charge is 2.38. The van der Waals surface area contributed by atoms with Crippen molar-refractivity contribution in [2.24, 2.45) is 0 Å². The molecule has 2 nitrogen and oxygen atoms in total. The second kappa shape index (κ2) is 7.60. The molecule has 6 aromatic rings. The Bertz CT molecular complexity index is 1870.